The highest BCUT2D eigenvalue weighted by atomic mass is 16.5. The Hall–Kier alpha value is -3.40. The number of aromatic nitrogens is 2. The lowest BCUT2D eigenvalue weighted by Gasteiger charge is -2.21. The molecule has 128 valence electrons. The monoisotopic (exact) mass is 341 g/mol. The lowest BCUT2D eigenvalue weighted by Crippen LogP contribution is -2.13. The summed E-state index contributed by atoms with van der Waals surface area (Å²) < 4.78 is 5.30. The van der Waals surface area contributed by atoms with Crippen molar-refractivity contribution in [3.8, 4) is 5.75 Å². The average molecular weight is 341 g/mol. The maximum absolute atomic E-state index is 5.30. The minimum Gasteiger partial charge on any atom is -0.497 e. The number of ether oxygens (including phenoxy) is 1. The van der Waals surface area contributed by atoms with Crippen molar-refractivity contribution in [2.45, 2.75) is 6.04 Å². The topological polar surface area (TPSA) is 47.0 Å². The number of nitrogens with one attached hydrogen (secondary N) is 1. The molecule has 0 aliphatic rings. The van der Waals surface area contributed by atoms with Gasteiger partial charge in [0.2, 0.25) is 0 Å². The van der Waals surface area contributed by atoms with Gasteiger partial charge in [-0.3, -0.25) is 0 Å². The van der Waals surface area contributed by atoms with Crippen molar-refractivity contribution in [2.75, 3.05) is 12.4 Å². The zero-order valence-corrected chi connectivity index (χ0v) is 14.5. The second-order valence-corrected chi connectivity index (χ2v) is 6.00. The summed E-state index contributed by atoms with van der Waals surface area (Å²) in [6.45, 7) is 0. The molecule has 4 aromatic rings. The fourth-order valence-corrected chi connectivity index (χ4v) is 3.07. The van der Waals surface area contributed by atoms with Crippen LogP contribution in [0.1, 0.15) is 17.2 Å². The van der Waals surface area contributed by atoms with E-state index >= 15 is 0 Å². The lowest BCUT2D eigenvalue weighted by atomic mass is 9.98. The van der Waals surface area contributed by atoms with E-state index < -0.39 is 0 Å². The fourth-order valence-electron chi connectivity index (χ4n) is 3.07. The Bertz CT molecular complexity index is 964. The van der Waals surface area contributed by atoms with Crippen LogP contribution < -0.4 is 10.1 Å². The predicted molar refractivity (Wildman–Crippen MR) is 104 cm³/mol. The third kappa shape index (κ3) is 3.22. The molecule has 1 N–H and O–H groups in total. The molecule has 0 radical (unpaired) electrons. The normalized spacial score (nSPS) is 10.8. The molecule has 0 bridgehead atoms. The highest BCUT2D eigenvalue weighted by Crippen LogP contribution is 2.30. The van der Waals surface area contributed by atoms with Crippen LogP contribution in [-0.2, 0) is 0 Å². The summed E-state index contributed by atoms with van der Waals surface area (Å²) in [5.74, 6) is 1.58. The highest BCUT2D eigenvalue weighted by Gasteiger charge is 2.16. The lowest BCUT2D eigenvalue weighted by molar-refractivity contribution is 0.415. The number of rotatable bonds is 5. The van der Waals surface area contributed by atoms with Gasteiger partial charge in [-0.05, 0) is 23.3 Å². The molecule has 1 aromatic heterocycles. The summed E-state index contributed by atoms with van der Waals surface area (Å²) in [6, 6.07) is 26.6. The first-order valence-corrected chi connectivity index (χ1v) is 8.50. The van der Waals surface area contributed by atoms with E-state index in [2.05, 4.69) is 63.8 Å². The molecule has 0 unspecified atom stereocenters. The van der Waals surface area contributed by atoms with Crippen LogP contribution in [0.4, 0.5) is 5.82 Å². The molecule has 26 heavy (non-hydrogen) atoms. The van der Waals surface area contributed by atoms with E-state index in [1.165, 1.54) is 11.1 Å². The SMILES string of the molecule is COc1ccc2c(NC(c3ccccc3)c3ccccc3)ncnc2c1. The second kappa shape index (κ2) is 7.23. The summed E-state index contributed by atoms with van der Waals surface area (Å²) >= 11 is 0. The van der Waals surface area contributed by atoms with Crippen LogP contribution in [0.15, 0.2) is 85.2 Å². The molecular formula is C22H19N3O. The maximum atomic E-state index is 5.30. The van der Waals surface area contributed by atoms with Gasteiger partial charge < -0.3 is 10.1 Å². The zero-order chi connectivity index (χ0) is 17.8. The summed E-state index contributed by atoms with van der Waals surface area (Å²) in [6.07, 6.45) is 1.58. The Balaban J connectivity index is 1.78. The molecule has 0 aliphatic heterocycles. The van der Waals surface area contributed by atoms with E-state index in [0.29, 0.717) is 0 Å². The van der Waals surface area contributed by atoms with Crippen molar-refractivity contribution < 1.29 is 4.74 Å². The number of hydrogen-bond acceptors (Lipinski definition) is 4. The van der Waals surface area contributed by atoms with Crippen LogP contribution >= 0.6 is 0 Å². The van der Waals surface area contributed by atoms with E-state index in [9.17, 15) is 0 Å². The Labute approximate surface area is 152 Å². The predicted octanol–water partition coefficient (Wildman–Crippen LogP) is 4.84. The van der Waals surface area contributed by atoms with Gasteiger partial charge in [-0.25, -0.2) is 9.97 Å². The van der Waals surface area contributed by atoms with Crippen molar-refractivity contribution in [3.63, 3.8) is 0 Å². The third-order valence-corrected chi connectivity index (χ3v) is 4.39. The third-order valence-electron chi connectivity index (χ3n) is 4.39. The van der Waals surface area contributed by atoms with Gasteiger partial charge in [0.25, 0.3) is 0 Å². The van der Waals surface area contributed by atoms with Crippen LogP contribution in [0.5, 0.6) is 5.75 Å². The summed E-state index contributed by atoms with van der Waals surface area (Å²) in [5, 5.41) is 4.56. The molecule has 4 rings (SSSR count). The molecule has 0 spiro atoms. The first kappa shape index (κ1) is 16.1. The molecule has 0 atom stereocenters. The van der Waals surface area contributed by atoms with Crippen molar-refractivity contribution in [2.24, 2.45) is 0 Å². The average Bonchev–Trinajstić information content (AvgIpc) is 2.73. The van der Waals surface area contributed by atoms with Crippen LogP contribution in [-0.4, -0.2) is 17.1 Å². The van der Waals surface area contributed by atoms with E-state index in [1.807, 2.05) is 30.3 Å². The smallest absolute Gasteiger partial charge is 0.138 e. The molecule has 0 aliphatic carbocycles. The maximum Gasteiger partial charge on any atom is 0.138 e. The quantitative estimate of drug-likeness (QED) is 0.564. The van der Waals surface area contributed by atoms with Gasteiger partial charge in [0, 0.05) is 11.5 Å². The molecule has 4 heteroatoms. The van der Waals surface area contributed by atoms with Crippen LogP contribution in [0, 0.1) is 0 Å². The molecule has 0 amide bonds. The highest BCUT2D eigenvalue weighted by molar-refractivity contribution is 5.90. The Morgan fingerprint density at radius 3 is 2.08 bits per heavy atom. The number of methoxy groups -OCH3 is 1. The number of benzene rings is 3. The fraction of sp³-hybridized carbons (Fsp3) is 0.0909. The molecule has 1 heterocycles. The first-order chi connectivity index (χ1) is 12.8. The van der Waals surface area contributed by atoms with Crippen molar-refractivity contribution in [1.82, 2.24) is 9.97 Å². The van der Waals surface area contributed by atoms with Gasteiger partial charge in [0.05, 0.1) is 18.7 Å². The Morgan fingerprint density at radius 2 is 1.46 bits per heavy atom. The molecule has 4 nitrogen and oxygen atoms in total. The number of nitrogens with zero attached hydrogens (tertiary/aromatic N) is 2. The van der Waals surface area contributed by atoms with Crippen LogP contribution in [0.3, 0.4) is 0 Å². The van der Waals surface area contributed by atoms with Crippen molar-refractivity contribution >= 4 is 16.7 Å². The van der Waals surface area contributed by atoms with Gasteiger partial charge in [-0.2, -0.15) is 0 Å². The van der Waals surface area contributed by atoms with E-state index in [4.69, 9.17) is 4.74 Å². The minimum atomic E-state index is -0.00222. The number of hydrogen-bond donors (Lipinski definition) is 1. The Morgan fingerprint density at radius 1 is 0.808 bits per heavy atom. The van der Waals surface area contributed by atoms with Crippen LogP contribution in [0.2, 0.25) is 0 Å². The number of anilines is 1. The summed E-state index contributed by atoms with van der Waals surface area (Å²) in [5.41, 5.74) is 3.21. The van der Waals surface area contributed by atoms with Crippen LogP contribution in [0.25, 0.3) is 10.9 Å². The Kier molecular flexibility index (Phi) is 4.48. The first-order valence-electron chi connectivity index (χ1n) is 8.50. The van der Waals surface area contributed by atoms with Gasteiger partial charge in [-0.1, -0.05) is 60.7 Å². The largest absolute Gasteiger partial charge is 0.497 e. The summed E-state index contributed by atoms with van der Waals surface area (Å²) in [4.78, 5) is 8.86. The van der Waals surface area contributed by atoms with Gasteiger partial charge in [0.15, 0.2) is 0 Å². The number of fused-ring (bicyclic) bond motifs is 1. The van der Waals surface area contributed by atoms with E-state index in [-0.39, 0.29) is 6.04 Å². The molecule has 0 fully saturated rings. The van der Waals surface area contributed by atoms with Gasteiger partial charge >= 0.3 is 0 Å². The van der Waals surface area contributed by atoms with Crippen molar-refractivity contribution in [1.29, 1.82) is 0 Å². The minimum absolute atomic E-state index is 0.00222. The molecule has 3 aromatic carbocycles. The van der Waals surface area contributed by atoms with E-state index in [0.717, 1.165) is 22.5 Å². The second-order valence-electron chi connectivity index (χ2n) is 6.00. The van der Waals surface area contributed by atoms with Gasteiger partial charge in [0.1, 0.15) is 17.9 Å². The zero-order valence-electron chi connectivity index (χ0n) is 14.5. The van der Waals surface area contributed by atoms with Crippen molar-refractivity contribution in [3.05, 3.63) is 96.3 Å². The van der Waals surface area contributed by atoms with E-state index in [1.54, 1.807) is 13.4 Å². The summed E-state index contributed by atoms with van der Waals surface area (Å²) in [7, 11) is 1.66. The van der Waals surface area contributed by atoms with Gasteiger partial charge in [-0.15, -0.1) is 0 Å². The molecular weight excluding hydrogens is 322 g/mol. The standard InChI is InChI=1S/C22H19N3O/c1-26-18-12-13-19-20(14-18)23-15-24-22(19)25-21(16-8-4-2-5-9-16)17-10-6-3-7-11-17/h2-15,21H,1H3,(H,23,24,25). The molecule has 0 saturated heterocycles. The molecule has 0 saturated carbocycles.